The van der Waals surface area contributed by atoms with Crippen LogP contribution in [0.4, 0.5) is 8.78 Å². The normalized spacial score (nSPS) is 19.0. The van der Waals surface area contributed by atoms with Gasteiger partial charge in [-0.25, -0.2) is 13.5 Å². The summed E-state index contributed by atoms with van der Waals surface area (Å²) < 4.78 is 56.2. The number of nitrogens with one attached hydrogen (secondary N) is 1. The van der Waals surface area contributed by atoms with Crippen molar-refractivity contribution in [2.24, 2.45) is 0 Å². The summed E-state index contributed by atoms with van der Waals surface area (Å²) in [5, 5.41) is 9.37. The molecule has 1 N–H and O–H groups in total. The van der Waals surface area contributed by atoms with Crippen LogP contribution in [0.15, 0.2) is 12.1 Å². The molecular weight excluding hydrogens is 302 g/mol. The fourth-order valence-corrected chi connectivity index (χ4v) is 2.66. The van der Waals surface area contributed by atoms with Crippen LogP contribution in [0.1, 0.15) is 24.0 Å². The van der Waals surface area contributed by atoms with Crippen LogP contribution < -0.4 is 4.72 Å². The Morgan fingerprint density at radius 2 is 2.05 bits per heavy atom. The Bertz CT molecular complexity index is 598. The largest absolute Gasteiger partial charge is 0.760 e. The van der Waals surface area contributed by atoms with Crippen LogP contribution in [0.2, 0.25) is 0 Å². The third-order valence-electron chi connectivity index (χ3n) is 3.59. The number of halogens is 2. The summed E-state index contributed by atoms with van der Waals surface area (Å²) in [7, 11) is 0. The number of hydrogen-bond donors (Lipinski definition) is 1. The van der Waals surface area contributed by atoms with E-state index in [1.165, 1.54) is 0 Å². The topological polar surface area (TPSA) is 85.2 Å². The molecule has 1 unspecified atom stereocenters. The van der Waals surface area contributed by atoms with Gasteiger partial charge in [-0.15, -0.1) is 0 Å². The average Bonchev–Trinajstić information content (AvgIpc) is 2.48. The van der Waals surface area contributed by atoms with Crippen molar-refractivity contribution >= 4 is 11.3 Å². The quantitative estimate of drug-likeness (QED) is 0.852. The van der Waals surface area contributed by atoms with Crippen molar-refractivity contribution in [2.75, 3.05) is 13.2 Å². The van der Waals surface area contributed by atoms with E-state index in [-0.39, 0.29) is 17.7 Å². The highest BCUT2D eigenvalue weighted by molar-refractivity contribution is 7.77. The molecule has 0 amide bonds. The first-order valence-corrected chi connectivity index (χ1v) is 7.36. The molecular formula is C13H13F2N2O3S-. The predicted molar refractivity (Wildman–Crippen MR) is 69.5 cm³/mol. The third-order valence-corrected chi connectivity index (χ3v) is 3.97. The molecule has 5 nitrogen and oxygen atoms in total. The van der Waals surface area contributed by atoms with Gasteiger partial charge in [0, 0.05) is 42.2 Å². The Balaban J connectivity index is 2.35. The smallest absolute Gasteiger partial charge is 0.128 e. The second-order valence-electron chi connectivity index (χ2n) is 4.79. The minimum Gasteiger partial charge on any atom is -0.760 e. The SMILES string of the molecule is N#CC1(c2cc(F)c(CNS(=O)[O-])cc2F)CCOCC1. The summed E-state index contributed by atoms with van der Waals surface area (Å²) in [5.74, 6) is -1.46. The lowest BCUT2D eigenvalue weighted by atomic mass is 9.75. The lowest BCUT2D eigenvalue weighted by Crippen LogP contribution is -2.33. The van der Waals surface area contributed by atoms with E-state index in [1.807, 2.05) is 4.72 Å². The van der Waals surface area contributed by atoms with E-state index in [9.17, 15) is 22.8 Å². The Morgan fingerprint density at radius 1 is 1.38 bits per heavy atom. The molecule has 114 valence electrons. The molecule has 1 aliphatic rings. The lowest BCUT2D eigenvalue weighted by Gasteiger charge is -2.31. The molecule has 0 aromatic heterocycles. The fraction of sp³-hybridized carbons (Fsp3) is 0.462. The minimum atomic E-state index is -2.56. The van der Waals surface area contributed by atoms with Crippen LogP contribution in [-0.2, 0) is 28.0 Å². The Morgan fingerprint density at radius 3 is 2.62 bits per heavy atom. The summed E-state index contributed by atoms with van der Waals surface area (Å²) >= 11 is -2.56. The van der Waals surface area contributed by atoms with Crippen LogP contribution >= 0.6 is 0 Å². The number of ether oxygens (including phenoxy) is 1. The first-order valence-electron chi connectivity index (χ1n) is 6.29. The molecule has 0 spiro atoms. The molecule has 1 aromatic carbocycles. The van der Waals surface area contributed by atoms with Crippen LogP contribution in [0.5, 0.6) is 0 Å². The number of nitrogens with zero attached hydrogens (tertiary/aromatic N) is 1. The van der Waals surface area contributed by atoms with Crippen molar-refractivity contribution in [3.63, 3.8) is 0 Å². The molecule has 1 fully saturated rings. The van der Waals surface area contributed by atoms with Gasteiger partial charge in [0.2, 0.25) is 0 Å². The molecule has 0 radical (unpaired) electrons. The Kier molecular flexibility index (Phi) is 5.00. The first kappa shape index (κ1) is 16.0. The molecule has 1 aromatic rings. The molecule has 21 heavy (non-hydrogen) atoms. The van der Waals surface area contributed by atoms with Gasteiger partial charge in [-0.3, -0.25) is 4.21 Å². The van der Waals surface area contributed by atoms with Crippen LogP contribution in [0.3, 0.4) is 0 Å². The van der Waals surface area contributed by atoms with E-state index in [2.05, 4.69) is 6.07 Å². The third kappa shape index (κ3) is 3.44. The van der Waals surface area contributed by atoms with Crippen molar-refractivity contribution in [1.82, 2.24) is 4.72 Å². The standard InChI is InChI=1S/C13H14F2N2O3S/c14-11-6-10(13(8-16)1-3-20-4-2-13)12(15)5-9(11)7-17-21(18)19/h5-6,17H,1-4,7H2,(H,18,19)/p-1. The van der Waals surface area contributed by atoms with E-state index < -0.39 is 28.3 Å². The molecule has 0 bridgehead atoms. The van der Waals surface area contributed by atoms with E-state index in [0.717, 1.165) is 12.1 Å². The number of rotatable bonds is 4. The van der Waals surface area contributed by atoms with Gasteiger partial charge in [-0.1, -0.05) is 0 Å². The minimum absolute atomic E-state index is 0.00204. The van der Waals surface area contributed by atoms with Crippen LogP contribution in [0.25, 0.3) is 0 Å². The highest BCUT2D eigenvalue weighted by atomic mass is 32.2. The average molecular weight is 315 g/mol. The summed E-state index contributed by atoms with van der Waals surface area (Å²) in [6.07, 6.45) is 0.587. The highest BCUT2D eigenvalue weighted by Gasteiger charge is 2.37. The zero-order valence-corrected chi connectivity index (χ0v) is 11.8. The Hall–Kier alpha value is -1.40. The zero-order chi connectivity index (χ0) is 15.5. The number of hydrogen-bond acceptors (Lipinski definition) is 4. The molecule has 0 aliphatic carbocycles. The van der Waals surface area contributed by atoms with E-state index >= 15 is 0 Å². The lowest BCUT2D eigenvalue weighted by molar-refractivity contribution is 0.0664. The summed E-state index contributed by atoms with van der Waals surface area (Å²) in [6.45, 7) is 0.280. The van der Waals surface area contributed by atoms with Gasteiger partial charge in [0.1, 0.15) is 11.6 Å². The van der Waals surface area contributed by atoms with E-state index in [0.29, 0.717) is 26.1 Å². The van der Waals surface area contributed by atoms with Crippen molar-refractivity contribution in [3.05, 3.63) is 34.9 Å². The number of nitriles is 1. The van der Waals surface area contributed by atoms with Gasteiger partial charge < -0.3 is 9.29 Å². The van der Waals surface area contributed by atoms with E-state index in [1.54, 1.807) is 0 Å². The van der Waals surface area contributed by atoms with Crippen LogP contribution in [-0.4, -0.2) is 22.0 Å². The first-order chi connectivity index (χ1) is 9.98. The van der Waals surface area contributed by atoms with Gasteiger partial charge in [0.15, 0.2) is 0 Å². The summed E-state index contributed by atoms with van der Waals surface area (Å²) in [5.41, 5.74) is -1.21. The maximum Gasteiger partial charge on any atom is 0.128 e. The van der Waals surface area contributed by atoms with Crippen molar-refractivity contribution in [1.29, 1.82) is 5.26 Å². The predicted octanol–water partition coefficient (Wildman–Crippen LogP) is 1.42. The highest BCUT2D eigenvalue weighted by Crippen LogP contribution is 2.36. The molecule has 1 atom stereocenters. The van der Waals surface area contributed by atoms with Crippen molar-refractivity contribution < 1.29 is 22.3 Å². The Labute approximate surface area is 123 Å². The summed E-state index contributed by atoms with van der Waals surface area (Å²) in [4.78, 5) is 0. The molecule has 8 heteroatoms. The monoisotopic (exact) mass is 315 g/mol. The van der Waals surface area contributed by atoms with E-state index in [4.69, 9.17) is 4.74 Å². The zero-order valence-electron chi connectivity index (χ0n) is 11.0. The van der Waals surface area contributed by atoms with Gasteiger partial charge in [0.25, 0.3) is 0 Å². The van der Waals surface area contributed by atoms with Gasteiger partial charge in [0.05, 0.1) is 11.5 Å². The van der Waals surface area contributed by atoms with Crippen LogP contribution in [0, 0.1) is 23.0 Å². The second kappa shape index (κ2) is 6.58. The second-order valence-corrected chi connectivity index (χ2v) is 5.54. The van der Waals surface area contributed by atoms with Gasteiger partial charge >= 0.3 is 0 Å². The molecule has 1 heterocycles. The molecule has 1 aliphatic heterocycles. The maximum absolute atomic E-state index is 14.2. The number of benzene rings is 1. The molecule has 0 saturated carbocycles. The fourth-order valence-electron chi connectivity index (χ4n) is 2.39. The summed E-state index contributed by atoms with van der Waals surface area (Å²) in [6, 6.07) is 3.98. The molecule has 2 rings (SSSR count). The molecule has 1 saturated heterocycles. The van der Waals surface area contributed by atoms with Crippen molar-refractivity contribution in [2.45, 2.75) is 24.8 Å². The van der Waals surface area contributed by atoms with Gasteiger partial charge in [-0.2, -0.15) is 5.26 Å². The van der Waals surface area contributed by atoms with Gasteiger partial charge in [-0.05, 0) is 25.0 Å². The maximum atomic E-state index is 14.2. The van der Waals surface area contributed by atoms with Crippen molar-refractivity contribution in [3.8, 4) is 6.07 Å².